The first-order chi connectivity index (χ1) is 15.4. The molecule has 12 atom stereocenters. The highest BCUT2D eigenvalue weighted by Gasteiger charge is 2.62. The van der Waals surface area contributed by atoms with Gasteiger partial charge in [-0.05, 0) is 106 Å². The summed E-state index contributed by atoms with van der Waals surface area (Å²) < 4.78 is 0. The van der Waals surface area contributed by atoms with E-state index in [0.717, 1.165) is 45.1 Å². The van der Waals surface area contributed by atoms with E-state index in [1.165, 1.54) is 5.57 Å². The fourth-order valence-electron chi connectivity index (χ4n) is 9.60. The molecule has 0 radical (unpaired) electrons. The Hall–Kier alpha value is -0.750. The largest absolute Gasteiger partial charge is 0.393 e. The highest BCUT2D eigenvalue weighted by molar-refractivity contribution is 5.94. The number of likely N-dealkylation sites (N-methyl/N-ethyl adjacent to an activating group) is 1. The molecular formula is C28H45NO4. The SMILES string of the molecule is CC1CC(O)C(C(C)C2CCC3C4=CC(=O)C5CC(O)CCC5(C)C4CC3C2(C)O)N(C)C1. The van der Waals surface area contributed by atoms with Gasteiger partial charge in [0.2, 0.25) is 0 Å². The molecule has 1 aliphatic heterocycles. The molecule has 3 N–H and O–H groups in total. The van der Waals surface area contributed by atoms with Crippen LogP contribution in [0.5, 0.6) is 0 Å². The number of ketones is 1. The van der Waals surface area contributed by atoms with Gasteiger partial charge in [-0.3, -0.25) is 4.79 Å². The van der Waals surface area contributed by atoms with Crippen molar-refractivity contribution in [3.8, 4) is 0 Å². The molecule has 5 rings (SSSR count). The van der Waals surface area contributed by atoms with Crippen LogP contribution >= 0.6 is 0 Å². The third-order valence-electron chi connectivity index (χ3n) is 11.2. The topological polar surface area (TPSA) is 81.0 Å². The highest BCUT2D eigenvalue weighted by atomic mass is 16.3. The van der Waals surface area contributed by atoms with Gasteiger partial charge >= 0.3 is 0 Å². The van der Waals surface area contributed by atoms with Gasteiger partial charge < -0.3 is 20.2 Å². The monoisotopic (exact) mass is 459 g/mol. The molecule has 0 aromatic rings. The van der Waals surface area contributed by atoms with Crippen molar-refractivity contribution in [2.75, 3.05) is 13.6 Å². The number of aliphatic hydroxyl groups is 3. The van der Waals surface area contributed by atoms with Crippen LogP contribution in [0.25, 0.3) is 0 Å². The molecule has 186 valence electrons. The lowest BCUT2D eigenvalue weighted by molar-refractivity contribution is -0.135. The summed E-state index contributed by atoms with van der Waals surface area (Å²) in [6.07, 6.45) is 7.24. The summed E-state index contributed by atoms with van der Waals surface area (Å²) in [6, 6.07) is 0.0837. The molecule has 0 amide bonds. The average Bonchev–Trinajstić information content (AvgIpc) is 3.09. The summed E-state index contributed by atoms with van der Waals surface area (Å²) in [6.45, 7) is 9.77. The van der Waals surface area contributed by atoms with Gasteiger partial charge in [-0.15, -0.1) is 0 Å². The van der Waals surface area contributed by atoms with Crippen molar-refractivity contribution in [2.24, 2.45) is 46.8 Å². The summed E-state index contributed by atoms with van der Waals surface area (Å²) in [5.74, 6) is 1.76. The lowest BCUT2D eigenvalue weighted by Crippen LogP contribution is -2.58. The first kappa shape index (κ1) is 24.0. The molecule has 1 saturated heterocycles. The van der Waals surface area contributed by atoms with Gasteiger partial charge in [0.15, 0.2) is 5.78 Å². The minimum Gasteiger partial charge on any atom is -0.393 e. The predicted molar refractivity (Wildman–Crippen MR) is 128 cm³/mol. The molecule has 4 aliphatic carbocycles. The van der Waals surface area contributed by atoms with Crippen molar-refractivity contribution in [1.29, 1.82) is 0 Å². The average molecular weight is 460 g/mol. The van der Waals surface area contributed by atoms with Crippen LogP contribution in [0.1, 0.15) is 72.6 Å². The Kier molecular flexibility index (Phi) is 5.92. The smallest absolute Gasteiger partial charge is 0.159 e. The molecule has 1 heterocycles. The normalized spacial score (nSPS) is 53.6. The van der Waals surface area contributed by atoms with Crippen molar-refractivity contribution in [3.05, 3.63) is 11.6 Å². The Labute approximate surface area is 199 Å². The quantitative estimate of drug-likeness (QED) is 0.590. The van der Waals surface area contributed by atoms with Crippen LogP contribution in [0.4, 0.5) is 0 Å². The lowest BCUT2D eigenvalue weighted by atomic mass is 9.55. The Morgan fingerprint density at radius 3 is 2.52 bits per heavy atom. The molecule has 4 fully saturated rings. The number of rotatable bonds is 2. The minimum atomic E-state index is -0.812. The second-order valence-electron chi connectivity index (χ2n) is 13.1. The van der Waals surface area contributed by atoms with Crippen molar-refractivity contribution in [2.45, 2.75) is 96.5 Å². The summed E-state index contributed by atoms with van der Waals surface area (Å²) in [5.41, 5.74) is 0.396. The zero-order chi connectivity index (χ0) is 23.9. The van der Waals surface area contributed by atoms with E-state index in [0.29, 0.717) is 18.3 Å². The van der Waals surface area contributed by atoms with Crippen LogP contribution in [-0.4, -0.2) is 63.4 Å². The summed E-state index contributed by atoms with van der Waals surface area (Å²) in [5, 5.41) is 33.3. The number of aliphatic hydroxyl groups excluding tert-OH is 2. The van der Waals surface area contributed by atoms with Crippen molar-refractivity contribution >= 4 is 5.78 Å². The lowest BCUT2D eigenvalue weighted by Gasteiger charge is -2.52. The van der Waals surface area contributed by atoms with Crippen LogP contribution in [0.2, 0.25) is 0 Å². The standard InChI is InChI=1S/C28H45NO4/c1-15-10-25(32)26(29(5)14-15)16(2)20-7-6-18-19-12-24(31)23-11-17(30)8-9-27(23,3)21(19)13-22(18)28(20,4)33/h12,15-18,20-23,25-26,30,32-33H,6-11,13-14H2,1-5H3. The van der Waals surface area contributed by atoms with Crippen LogP contribution < -0.4 is 0 Å². The number of carbonyl (C=O) groups excluding carboxylic acids is 1. The first-order valence-electron chi connectivity index (χ1n) is 13.5. The molecule has 0 spiro atoms. The zero-order valence-electron chi connectivity index (χ0n) is 21.2. The maximum Gasteiger partial charge on any atom is 0.159 e. The van der Waals surface area contributed by atoms with E-state index in [1.54, 1.807) is 0 Å². The molecule has 0 bridgehead atoms. The summed E-state index contributed by atoms with van der Waals surface area (Å²) in [4.78, 5) is 15.5. The molecule has 5 aliphatic rings. The fraction of sp³-hybridized carbons (Fsp3) is 0.893. The number of carbonyl (C=O) groups is 1. The molecular weight excluding hydrogens is 414 g/mol. The molecule has 33 heavy (non-hydrogen) atoms. The van der Waals surface area contributed by atoms with Gasteiger partial charge in [0.05, 0.1) is 17.8 Å². The van der Waals surface area contributed by atoms with Crippen molar-refractivity contribution < 1.29 is 20.1 Å². The van der Waals surface area contributed by atoms with E-state index in [9.17, 15) is 20.1 Å². The molecule has 5 nitrogen and oxygen atoms in total. The highest BCUT2D eigenvalue weighted by Crippen LogP contribution is 2.64. The second-order valence-corrected chi connectivity index (χ2v) is 13.1. The Balaban J connectivity index is 1.41. The summed E-state index contributed by atoms with van der Waals surface area (Å²) in [7, 11) is 2.12. The van der Waals surface area contributed by atoms with Gasteiger partial charge in [0.25, 0.3) is 0 Å². The zero-order valence-corrected chi connectivity index (χ0v) is 21.2. The fourth-order valence-corrected chi connectivity index (χ4v) is 9.60. The second kappa shape index (κ2) is 8.15. The van der Waals surface area contributed by atoms with Crippen LogP contribution in [0.15, 0.2) is 11.6 Å². The number of hydrogen-bond donors (Lipinski definition) is 3. The van der Waals surface area contributed by atoms with Crippen LogP contribution in [-0.2, 0) is 4.79 Å². The van der Waals surface area contributed by atoms with E-state index in [1.807, 2.05) is 13.0 Å². The van der Waals surface area contributed by atoms with Gasteiger partial charge in [-0.1, -0.05) is 26.3 Å². The number of likely N-dealkylation sites (tertiary alicyclic amines) is 1. The van der Waals surface area contributed by atoms with E-state index >= 15 is 0 Å². The van der Waals surface area contributed by atoms with E-state index in [4.69, 9.17) is 0 Å². The van der Waals surface area contributed by atoms with Gasteiger partial charge in [-0.25, -0.2) is 0 Å². The maximum atomic E-state index is 13.2. The number of allylic oxidation sites excluding steroid dienone is 2. The van der Waals surface area contributed by atoms with Crippen LogP contribution in [0.3, 0.4) is 0 Å². The predicted octanol–water partition coefficient (Wildman–Crippen LogP) is 3.41. The maximum absolute atomic E-state index is 13.2. The first-order valence-corrected chi connectivity index (χ1v) is 13.5. The Morgan fingerprint density at radius 1 is 1.09 bits per heavy atom. The summed E-state index contributed by atoms with van der Waals surface area (Å²) >= 11 is 0. The number of hydrogen-bond acceptors (Lipinski definition) is 5. The van der Waals surface area contributed by atoms with Crippen molar-refractivity contribution in [3.63, 3.8) is 0 Å². The molecule has 0 aromatic carbocycles. The number of piperidine rings is 1. The Bertz CT molecular complexity index is 811. The Morgan fingerprint density at radius 2 is 1.82 bits per heavy atom. The van der Waals surface area contributed by atoms with E-state index in [2.05, 4.69) is 32.7 Å². The van der Waals surface area contributed by atoms with E-state index in [-0.39, 0.29) is 59.0 Å². The van der Waals surface area contributed by atoms with Gasteiger partial charge in [0, 0.05) is 18.5 Å². The molecule has 5 heteroatoms. The van der Waals surface area contributed by atoms with Crippen LogP contribution in [0, 0.1) is 46.8 Å². The van der Waals surface area contributed by atoms with Gasteiger partial charge in [-0.2, -0.15) is 0 Å². The van der Waals surface area contributed by atoms with E-state index < -0.39 is 5.60 Å². The van der Waals surface area contributed by atoms with Crippen molar-refractivity contribution in [1.82, 2.24) is 4.90 Å². The molecule has 0 aromatic heterocycles. The minimum absolute atomic E-state index is 0.0807. The molecule has 3 saturated carbocycles. The third-order valence-corrected chi connectivity index (χ3v) is 11.2. The number of fused-ring (bicyclic) bond motifs is 5. The van der Waals surface area contributed by atoms with Gasteiger partial charge in [0.1, 0.15) is 0 Å². The number of nitrogens with zero attached hydrogens (tertiary/aromatic N) is 1. The molecule has 12 unspecified atom stereocenters. The third kappa shape index (κ3) is 3.59.